The van der Waals surface area contributed by atoms with Crippen LogP contribution in [0.5, 0.6) is 0 Å². The maximum atomic E-state index is 12.6. The Labute approximate surface area is 67.7 Å². The number of hydrogen-bond acceptors (Lipinski definition) is 1. The largest absolute Gasteiger partial charge is 0.228 e. The Morgan fingerprint density at radius 1 is 1.00 bits per heavy atom. The highest BCUT2D eigenvalue weighted by atomic mass is 19.1. The third kappa shape index (κ3) is 1.13. The molecule has 0 radical (unpaired) electrons. The summed E-state index contributed by atoms with van der Waals surface area (Å²) in [6.07, 6.45) is 1.38. The number of nitrogens with zero attached hydrogens (tertiary/aromatic N) is 1. The van der Waals surface area contributed by atoms with Gasteiger partial charge in [0, 0.05) is 17.6 Å². The van der Waals surface area contributed by atoms with Gasteiger partial charge in [0.05, 0.1) is 0 Å². The fourth-order valence-electron chi connectivity index (χ4n) is 1.08. The Bertz CT molecular complexity index is 389. The molecule has 0 atom stereocenters. The molecule has 1 nitrogen and oxygen atoms in total. The van der Waals surface area contributed by atoms with Gasteiger partial charge in [-0.3, -0.25) is 0 Å². The van der Waals surface area contributed by atoms with Crippen molar-refractivity contribution in [3.05, 3.63) is 42.2 Å². The molecular weight excluding hydrogens is 160 g/mol. The van der Waals surface area contributed by atoms with Crippen LogP contribution in [0.3, 0.4) is 0 Å². The Morgan fingerprint density at radius 3 is 2.67 bits per heavy atom. The third-order valence-corrected chi connectivity index (χ3v) is 1.65. The number of benzene rings is 1. The van der Waals surface area contributed by atoms with Gasteiger partial charge in [-0.25, -0.2) is 9.37 Å². The van der Waals surface area contributed by atoms with E-state index in [4.69, 9.17) is 0 Å². The van der Waals surface area contributed by atoms with E-state index in [0.29, 0.717) is 5.39 Å². The van der Waals surface area contributed by atoms with Crippen LogP contribution in [0.2, 0.25) is 0 Å². The minimum atomic E-state index is -0.590. The summed E-state index contributed by atoms with van der Waals surface area (Å²) in [5.41, 5.74) is 0. The summed E-state index contributed by atoms with van der Waals surface area (Å²) >= 11 is 0. The zero-order chi connectivity index (χ0) is 8.55. The second kappa shape index (κ2) is 2.52. The van der Waals surface area contributed by atoms with Gasteiger partial charge in [0.2, 0.25) is 5.95 Å². The van der Waals surface area contributed by atoms with Gasteiger partial charge in [-0.2, -0.15) is 4.39 Å². The molecule has 0 unspecified atom stereocenters. The number of hydrogen-bond donors (Lipinski definition) is 0. The summed E-state index contributed by atoms with van der Waals surface area (Å²) in [5.74, 6) is -0.957. The van der Waals surface area contributed by atoms with E-state index >= 15 is 0 Å². The molecule has 0 aliphatic rings. The second-order valence-corrected chi connectivity index (χ2v) is 2.50. The molecule has 1 aromatic carbocycles. The van der Waals surface area contributed by atoms with Gasteiger partial charge in [-0.15, -0.1) is 0 Å². The van der Waals surface area contributed by atoms with Crippen LogP contribution in [-0.4, -0.2) is 4.98 Å². The van der Waals surface area contributed by atoms with E-state index in [0.717, 1.165) is 5.39 Å². The van der Waals surface area contributed by atoms with Gasteiger partial charge in [0.25, 0.3) is 0 Å². The number of halogens is 2. The average molecular weight is 165 g/mol. The maximum Gasteiger partial charge on any atom is 0.213 e. The molecule has 1 aromatic heterocycles. The highest BCUT2D eigenvalue weighted by Gasteiger charge is 1.97. The van der Waals surface area contributed by atoms with E-state index in [2.05, 4.69) is 4.98 Å². The number of aromatic nitrogens is 1. The predicted octanol–water partition coefficient (Wildman–Crippen LogP) is 2.51. The molecule has 2 rings (SSSR count). The van der Waals surface area contributed by atoms with Crippen LogP contribution in [-0.2, 0) is 0 Å². The molecule has 0 amide bonds. The van der Waals surface area contributed by atoms with Crippen LogP contribution in [0.4, 0.5) is 8.78 Å². The lowest BCUT2D eigenvalue weighted by Crippen LogP contribution is -1.82. The summed E-state index contributed by atoms with van der Waals surface area (Å²) in [5, 5.41) is 1.26. The van der Waals surface area contributed by atoms with E-state index in [1.54, 1.807) is 6.07 Å². The van der Waals surface area contributed by atoms with Crippen molar-refractivity contribution in [2.24, 2.45) is 0 Å². The fourth-order valence-corrected chi connectivity index (χ4v) is 1.08. The van der Waals surface area contributed by atoms with Crippen LogP contribution in [0.25, 0.3) is 10.8 Å². The first kappa shape index (κ1) is 7.16. The summed E-state index contributed by atoms with van der Waals surface area (Å²) in [4.78, 5) is 3.45. The van der Waals surface area contributed by atoms with Crippen LogP contribution in [0.15, 0.2) is 30.5 Å². The van der Waals surface area contributed by atoms with E-state index in [1.807, 2.05) is 0 Å². The first-order valence-electron chi connectivity index (χ1n) is 3.46. The molecular formula is C9H5F2N. The molecule has 1 heterocycles. The van der Waals surface area contributed by atoms with Crippen molar-refractivity contribution < 1.29 is 8.78 Å². The standard InChI is InChI=1S/C9H5F2N/c10-8-2-1-6-5-12-9(11)4-7(6)3-8/h1-5H. The first-order chi connectivity index (χ1) is 5.75. The lowest BCUT2D eigenvalue weighted by molar-refractivity contribution is 0.586. The molecule has 0 N–H and O–H groups in total. The van der Waals surface area contributed by atoms with Gasteiger partial charge in [-0.1, -0.05) is 0 Å². The quantitative estimate of drug-likeness (QED) is 0.546. The smallest absolute Gasteiger partial charge is 0.213 e. The number of fused-ring (bicyclic) bond motifs is 1. The van der Waals surface area contributed by atoms with E-state index in [-0.39, 0.29) is 5.82 Å². The fraction of sp³-hybridized carbons (Fsp3) is 0. The van der Waals surface area contributed by atoms with Gasteiger partial charge >= 0.3 is 0 Å². The van der Waals surface area contributed by atoms with Crippen LogP contribution >= 0.6 is 0 Å². The average Bonchev–Trinajstić information content (AvgIpc) is 2.03. The predicted molar refractivity (Wildman–Crippen MR) is 41.7 cm³/mol. The van der Waals surface area contributed by atoms with Crippen molar-refractivity contribution in [2.75, 3.05) is 0 Å². The van der Waals surface area contributed by atoms with Gasteiger partial charge in [0.1, 0.15) is 5.82 Å². The minimum Gasteiger partial charge on any atom is -0.228 e. The highest BCUT2D eigenvalue weighted by Crippen LogP contribution is 2.14. The minimum absolute atomic E-state index is 0.367. The van der Waals surface area contributed by atoms with Gasteiger partial charge in [0.15, 0.2) is 0 Å². The molecule has 0 aliphatic heterocycles. The SMILES string of the molecule is Fc1ccc2cnc(F)cc2c1. The van der Waals surface area contributed by atoms with E-state index < -0.39 is 5.95 Å². The molecule has 2 aromatic rings. The monoisotopic (exact) mass is 165 g/mol. The van der Waals surface area contributed by atoms with Crippen LogP contribution in [0.1, 0.15) is 0 Å². The maximum absolute atomic E-state index is 12.6. The van der Waals surface area contributed by atoms with E-state index in [1.165, 1.54) is 24.4 Å². The third-order valence-electron chi connectivity index (χ3n) is 1.65. The summed E-state index contributed by atoms with van der Waals surface area (Å²) in [6, 6.07) is 5.37. The lowest BCUT2D eigenvalue weighted by Gasteiger charge is -1.95. The van der Waals surface area contributed by atoms with Gasteiger partial charge < -0.3 is 0 Å². The van der Waals surface area contributed by atoms with Crippen LogP contribution < -0.4 is 0 Å². The van der Waals surface area contributed by atoms with Crippen molar-refractivity contribution in [1.29, 1.82) is 0 Å². The van der Waals surface area contributed by atoms with Crippen molar-refractivity contribution in [1.82, 2.24) is 4.98 Å². The van der Waals surface area contributed by atoms with Crippen molar-refractivity contribution in [3.8, 4) is 0 Å². The Kier molecular flexibility index (Phi) is 1.50. The van der Waals surface area contributed by atoms with Crippen LogP contribution in [0, 0.1) is 11.8 Å². The Hall–Kier alpha value is -1.51. The zero-order valence-electron chi connectivity index (χ0n) is 6.09. The van der Waals surface area contributed by atoms with E-state index in [9.17, 15) is 8.78 Å². The highest BCUT2D eigenvalue weighted by molar-refractivity contribution is 5.81. The molecule has 0 saturated heterocycles. The Morgan fingerprint density at radius 2 is 1.83 bits per heavy atom. The lowest BCUT2D eigenvalue weighted by atomic mass is 10.2. The summed E-state index contributed by atoms with van der Waals surface area (Å²) < 4.78 is 25.2. The molecule has 60 valence electrons. The molecule has 0 saturated carbocycles. The van der Waals surface area contributed by atoms with Crippen molar-refractivity contribution >= 4 is 10.8 Å². The molecule has 3 heteroatoms. The molecule has 0 fully saturated rings. The zero-order valence-corrected chi connectivity index (χ0v) is 6.09. The van der Waals surface area contributed by atoms with Crippen molar-refractivity contribution in [3.63, 3.8) is 0 Å². The van der Waals surface area contributed by atoms with Crippen molar-refractivity contribution in [2.45, 2.75) is 0 Å². The van der Waals surface area contributed by atoms with Gasteiger partial charge in [-0.05, 0) is 23.6 Å². The number of rotatable bonds is 0. The topological polar surface area (TPSA) is 12.9 Å². The molecule has 0 aliphatic carbocycles. The molecule has 0 spiro atoms. The number of pyridine rings is 1. The normalized spacial score (nSPS) is 10.5. The summed E-state index contributed by atoms with van der Waals surface area (Å²) in [6.45, 7) is 0. The second-order valence-electron chi connectivity index (χ2n) is 2.50. The Balaban J connectivity index is 2.80. The molecule has 12 heavy (non-hydrogen) atoms. The molecule has 0 bridgehead atoms. The first-order valence-corrected chi connectivity index (χ1v) is 3.46. The summed E-state index contributed by atoms with van der Waals surface area (Å²) in [7, 11) is 0.